The summed E-state index contributed by atoms with van der Waals surface area (Å²) in [5.41, 5.74) is 7.09. The first kappa shape index (κ1) is 129. The zero-order valence-electron chi connectivity index (χ0n) is 81.8. The van der Waals surface area contributed by atoms with E-state index < -0.39 is 0 Å². The Balaban J connectivity index is -0.000000112. The van der Waals surface area contributed by atoms with Crippen molar-refractivity contribution in [1.29, 1.82) is 0 Å². The van der Waals surface area contributed by atoms with E-state index >= 15 is 0 Å². The summed E-state index contributed by atoms with van der Waals surface area (Å²) >= 11 is 0. The zero-order chi connectivity index (χ0) is 88.0. The molecule has 0 unspecified atom stereocenters. The van der Waals surface area contributed by atoms with Crippen LogP contribution in [0.25, 0.3) is 21.8 Å². The third-order valence-corrected chi connectivity index (χ3v) is 15.7. The number of hydrogen-bond donors (Lipinski definition) is 2. The van der Waals surface area contributed by atoms with E-state index in [1.165, 1.54) is 256 Å². The molecule has 0 fully saturated rings. The van der Waals surface area contributed by atoms with Gasteiger partial charge >= 0.3 is 0 Å². The highest BCUT2D eigenvalue weighted by Gasteiger charge is 2.01. The Hall–Kier alpha value is -4.72. The Morgan fingerprint density at radius 1 is 0.372 bits per heavy atom. The summed E-state index contributed by atoms with van der Waals surface area (Å²) in [5.74, 6) is 0. The van der Waals surface area contributed by atoms with Crippen LogP contribution in [-0.2, 0) is 13.6 Å². The van der Waals surface area contributed by atoms with Gasteiger partial charge in [0.05, 0.1) is 23.7 Å². The molecule has 0 aliphatic heterocycles. The van der Waals surface area contributed by atoms with Crippen LogP contribution >= 0.6 is 0 Å². The van der Waals surface area contributed by atoms with Crippen LogP contribution in [-0.4, -0.2) is 249 Å². The van der Waals surface area contributed by atoms with Crippen LogP contribution in [0.2, 0.25) is 0 Å². The van der Waals surface area contributed by atoms with Crippen molar-refractivity contribution < 1.29 is 6.48 Å². The first-order valence-electron chi connectivity index (χ1n) is 45.6. The number of nitrogens with zero attached hydrogens (tertiary/aromatic N) is 14. The van der Waals surface area contributed by atoms with E-state index in [9.17, 15) is 0 Å². The second-order valence-corrected chi connectivity index (χ2v) is 28.3. The molecule has 0 radical (unpaired) electrons. The van der Waals surface area contributed by atoms with E-state index in [2.05, 4.69) is 252 Å². The van der Waals surface area contributed by atoms with Gasteiger partial charge in [0, 0.05) is 58.8 Å². The number of pyridine rings is 2. The molecule has 0 spiro atoms. The molecule has 0 saturated heterocycles. The second kappa shape index (κ2) is 118. The van der Waals surface area contributed by atoms with Gasteiger partial charge in [-0.25, -0.2) is 9.97 Å². The Morgan fingerprint density at radius 3 is 1.00 bits per heavy atom. The highest BCUT2D eigenvalue weighted by Crippen LogP contribution is 2.11. The molecule has 0 aliphatic rings. The molecule has 113 heavy (non-hydrogen) atoms. The minimum absolute atomic E-state index is 0. The maximum Gasteiger partial charge on any atom is 0.0955 e. The third-order valence-electron chi connectivity index (χ3n) is 15.7. The average Bonchev–Trinajstić information content (AvgIpc) is 1.71. The molecule has 672 valence electrons. The minimum Gasteiger partial charge on any atom is -0.397 e. The molecule has 3 N–H and O–H groups in total. The molecule has 6 rings (SSSR count). The lowest BCUT2D eigenvalue weighted by atomic mass is 10.2. The number of unbranched alkanes of at least 4 members (excludes halogenated alkanes) is 10. The summed E-state index contributed by atoms with van der Waals surface area (Å²) in [6.07, 6.45) is 45.2. The van der Waals surface area contributed by atoms with Crippen molar-refractivity contribution in [2.45, 2.75) is 307 Å². The summed E-state index contributed by atoms with van der Waals surface area (Å²) < 4.78 is 10.2. The van der Waals surface area contributed by atoms with E-state index in [1.807, 2.05) is 116 Å². The minimum atomic E-state index is 0. The Kier molecular flexibility index (Phi) is 135. The van der Waals surface area contributed by atoms with Gasteiger partial charge in [0.1, 0.15) is 0 Å². The molecule has 4 aromatic heterocycles. The van der Waals surface area contributed by atoms with Crippen molar-refractivity contribution in [3.05, 3.63) is 123 Å². The van der Waals surface area contributed by atoms with E-state index in [0.29, 0.717) is 6.90 Å². The SMILES string of the molecule is C.CC.CCCCCCN(C)CCCCCC.CCCCN(C)CCCC.CCCCN(CC)CCCC.CCCN(C)C.CCCN(C)C.CCCN(C)C.CCCN(C)C.CCCN(CCC)CCC.CCN.CCO.CCn1ccnc1.Cn1cnc2ccccc21.[2H]CC.c1ccc2cnccc2c1.c1ccncc1. The van der Waals surface area contributed by atoms with Gasteiger partial charge in [-0.3, -0.25) is 9.97 Å². The first-order valence-corrected chi connectivity index (χ1v) is 44.9. The van der Waals surface area contributed by atoms with E-state index in [0.717, 1.165) is 18.6 Å². The van der Waals surface area contributed by atoms with Crippen LogP contribution in [0.1, 0.15) is 302 Å². The summed E-state index contributed by atoms with van der Waals surface area (Å²) in [5, 5.41) is 10.0. The smallest absolute Gasteiger partial charge is 0.0955 e. The largest absolute Gasteiger partial charge is 0.397 e. The highest BCUT2D eigenvalue weighted by molar-refractivity contribution is 5.81. The Bertz CT molecular complexity index is 2270. The number of aryl methyl sites for hydroxylation is 2. The second-order valence-electron chi connectivity index (χ2n) is 28.3. The molecule has 6 aromatic rings. The molecular weight excluding hydrogens is 1390 g/mol. The van der Waals surface area contributed by atoms with Crippen LogP contribution in [0.5, 0.6) is 0 Å². The average molecular weight is 1600 g/mol. The maximum atomic E-state index is 7.57. The standard InChI is InChI=1S/C13H29N.C10H23N.C9H7N.2C9H21N.C8H8N2.C5H8N2.C5H5N.4C5H13N.C2H7N.C2H6O.2C2H6.CH4/c1-4-6-8-10-12-14(3)13-11-9-7-5-2;1-4-7-9-11(6-3)10-8-5-2;1-2-4-9-7-10-6-5-8(9)3-1;1-4-6-8-10(3)9-7-5-2;1-4-7-10(8-5-2)9-6-3;1-10-6-9-7-4-2-3-5-8(7)10;1-2-7-4-3-6-5-7;1-2-4-6-5-3-1;4*1-4-5-6(2)3;2*1-2-3;2*1-2;/h4-13H2,1-3H3;4-10H2,1-3H3;1-7H;2*4-9H2,1-3H3;2-6H,1H3;3-5H,2H2,1H3;1-5H;4*4-5H2,1-3H3;2-3H2,1H3;3H,2H2,1H3;2*1-2H3;1H4/i;;;;;;;;;;;;;;1D;;. The summed E-state index contributed by atoms with van der Waals surface area (Å²) in [4.78, 5) is 34.6. The van der Waals surface area contributed by atoms with Crippen LogP contribution in [0, 0.1) is 0 Å². The Labute approximate surface area is 710 Å². The number of fused-ring (bicyclic) bond motifs is 2. The number of aliphatic hydroxyl groups excluding tert-OH is 1. The first-order chi connectivity index (χ1) is 54.4. The third kappa shape index (κ3) is 121. The number of aromatic nitrogens is 6. The fraction of sp³-hybridized carbons (Fsp3) is 0.753. The van der Waals surface area contributed by atoms with Crippen LogP contribution in [0.4, 0.5) is 0 Å². The molecule has 0 bridgehead atoms. The topological polar surface area (TPSA) is 134 Å². The number of hydrogen-bond acceptors (Lipinski definition) is 14. The van der Waals surface area contributed by atoms with Gasteiger partial charge in [0.2, 0.25) is 0 Å². The number of imidazole rings is 2. The number of para-hydroxylation sites is 2. The molecule has 4 heterocycles. The van der Waals surface area contributed by atoms with Gasteiger partial charge in [0.15, 0.2) is 0 Å². The lowest BCUT2D eigenvalue weighted by Crippen LogP contribution is -2.25. The summed E-state index contributed by atoms with van der Waals surface area (Å²) in [7, 11) is 23.2. The van der Waals surface area contributed by atoms with E-state index in [1.54, 1.807) is 38.8 Å². The summed E-state index contributed by atoms with van der Waals surface area (Å²) in [6.45, 7) is 62.9. The van der Waals surface area contributed by atoms with Gasteiger partial charge in [-0.1, -0.05) is 246 Å². The Morgan fingerprint density at radius 2 is 0.726 bits per heavy atom. The van der Waals surface area contributed by atoms with Crippen molar-refractivity contribution >= 4 is 21.8 Å². The predicted octanol–water partition coefficient (Wildman–Crippen LogP) is 24.3. The molecular formula is C97H203N15O. The van der Waals surface area contributed by atoms with Crippen molar-refractivity contribution in [3.63, 3.8) is 0 Å². The van der Waals surface area contributed by atoms with Gasteiger partial charge in [-0.05, 0) is 307 Å². The molecule has 16 heteroatoms. The van der Waals surface area contributed by atoms with Crippen molar-refractivity contribution in [1.82, 2.24) is 68.3 Å². The van der Waals surface area contributed by atoms with Crippen LogP contribution in [0.3, 0.4) is 0 Å². The number of rotatable bonds is 38. The van der Waals surface area contributed by atoms with E-state index in [-0.39, 0.29) is 14.0 Å². The highest BCUT2D eigenvalue weighted by atomic mass is 16.2. The fourth-order valence-electron chi connectivity index (χ4n) is 9.86. The van der Waals surface area contributed by atoms with Gasteiger partial charge in [-0.2, -0.15) is 0 Å². The zero-order valence-corrected chi connectivity index (χ0v) is 80.8. The lowest BCUT2D eigenvalue weighted by molar-refractivity contribution is 0.275. The fourth-order valence-corrected chi connectivity index (χ4v) is 9.86. The van der Waals surface area contributed by atoms with Crippen molar-refractivity contribution in [3.8, 4) is 0 Å². The molecule has 0 aliphatic carbocycles. The normalized spacial score (nSPS) is 9.83. The lowest BCUT2D eigenvalue weighted by Gasteiger charge is -2.19. The van der Waals surface area contributed by atoms with Crippen molar-refractivity contribution in [2.75, 3.05) is 175 Å². The predicted molar refractivity (Wildman–Crippen MR) is 519 cm³/mol. The summed E-state index contributed by atoms with van der Waals surface area (Å²) in [6, 6.07) is 24.0. The maximum absolute atomic E-state index is 7.57. The van der Waals surface area contributed by atoms with E-state index in [4.69, 9.17) is 12.2 Å². The molecule has 16 nitrogen and oxygen atoms in total. The molecule has 0 atom stereocenters. The number of benzene rings is 2. The van der Waals surface area contributed by atoms with Gasteiger partial charge in [-0.15, -0.1) is 0 Å². The molecule has 0 saturated carbocycles. The molecule has 2 aromatic carbocycles. The molecule has 0 amide bonds. The van der Waals surface area contributed by atoms with Crippen molar-refractivity contribution in [2.24, 2.45) is 12.8 Å². The monoisotopic (exact) mass is 1600 g/mol. The number of nitrogens with two attached hydrogens (primary N) is 1. The van der Waals surface area contributed by atoms with Crippen LogP contribution < -0.4 is 5.73 Å². The number of aliphatic hydroxyl groups is 1. The van der Waals surface area contributed by atoms with Gasteiger partial charge < -0.3 is 59.2 Å². The van der Waals surface area contributed by atoms with Crippen LogP contribution in [0.15, 0.2) is 123 Å². The quantitative estimate of drug-likeness (QED) is 0.0356. The van der Waals surface area contributed by atoms with Gasteiger partial charge in [0.25, 0.3) is 0 Å².